The molecular formula is C32H40BBrN6O8. The second-order valence-electron chi connectivity index (χ2n) is 10.6. The molecular weight excluding hydrogens is 687 g/mol. The number of nitrogens with zero attached hydrogens (tertiary/aromatic N) is 5. The molecule has 3 N–H and O–H groups in total. The van der Waals surface area contributed by atoms with Crippen LogP contribution in [0.3, 0.4) is 0 Å². The topological polar surface area (TPSA) is 182 Å². The summed E-state index contributed by atoms with van der Waals surface area (Å²) in [5.74, 6) is -1.88. The van der Waals surface area contributed by atoms with E-state index in [1.54, 1.807) is 16.8 Å². The minimum Gasteiger partial charge on any atom is -0.477 e. The second-order valence-corrected chi connectivity index (χ2v) is 11.4. The summed E-state index contributed by atoms with van der Waals surface area (Å²) in [5.41, 5.74) is 6.39. The SMILES string of the molecule is CN.CN=CC(=O)O.COC(=O)c1cc(B2OC(C)(C)C(C)(C)O2)nn1-c1ccccc1.COC(=O)c1cc(Br)nn1-c1ccccc1. The largest absolute Gasteiger partial charge is 0.516 e. The highest BCUT2D eigenvalue weighted by Gasteiger charge is 2.53. The van der Waals surface area contributed by atoms with Crippen LogP contribution in [-0.4, -0.2) is 95.4 Å². The Morgan fingerprint density at radius 2 is 1.25 bits per heavy atom. The summed E-state index contributed by atoms with van der Waals surface area (Å²) in [7, 11) is 4.97. The zero-order valence-electron chi connectivity index (χ0n) is 28.1. The zero-order valence-corrected chi connectivity index (χ0v) is 29.7. The maximum atomic E-state index is 12.1. The van der Waals surface area contributed by atoms with Crippen molar-refractivity contribution in [2.75, 3.05) is 28.3 Å². The van der Waals surface area contributed by atoms with E-state index in [2.05, 4.69) is 36.9 Å². The number of carbonyl (C=O) groups excluding carboxylic acids is 2. The van der Waals surface area contributed by atoms with Crippen LogP contribution in [0.25, 0.3) is 11.4 Å². The van der Waals surface area contributed by atoms with Crippen molar-refractivity contribution in [3.63, 3.8) is 0 Å². The van der Waals surface area contributed by atoms with Gasteiger partial charge in [-0.2, -0.15) is 10.2 Å². The fourth-order valence-corrected chi connectivity index (χ4v) is 4.35. The third-order valence-corrected chi connectivity index (χ3v) is 7.32. The van der Waals surface area contributed by atoms with Gasteiger partial charge in [0.1, 0.15) is 10.8 Å². The van der Waals surface area contributed by atoms with Crippen molar-refractivity contribution < 1.29 is 38.3 Å². The maximum Gasteiger partial charge on any atom is 0.516 e. The van der Waals surface area contributed by atoms with Crippen LogP contribution < -0.4 is 11.3 Å². The average Bonchev–Trinajstić information content (AvgIpc) is 3.76. The van der Waals surface area contributed by atoms with Gasteiger partial charge in [0.15, 0.2) is 11.4 Å². The molecule has 3 heterocycles. The van der Waals surface area contributed by atoms with E-state index in [1.165, 1.54) is 33.0 Å². The summed E-state index contributed by atoms with van der Waals surface area (Å²) in [6, 6.07) is 22.1. The average molecular weight is 727 g/mol. The number of hydrogen-bond acceptors (Lipinski definition) is 11. The van der Waals surface area contributed by atoms with Crippen LogP contribution in [-0.2, 0) is 23.6 Å². The van der Waals surface area contributed by atoms with Gasteiger partial charge in [-0.15, -0.1) is 0 Å². The van der Waals surface area contributed by atoms with E-state index >= 15 is 0 Å². The first-order chi connectivity index (χ1) is 22.7. The zero-order chi connectivity index (χ0) is 36.1. The number of halogens is 1. The lowest BCUT2D eigenvalue weighted by Gasteiger charge is -2.32. The number of esters is 2. The minimum absolute atomic E-state index is 0.327. The lowest BCUT2D eigenvalue weighted by molar-refractivity contribution is -0.128. The van der Waals surface area contributed by atoms with Gasteiger partial charge in [-0.1, -0.05) is 36.4 Å². The Hall–Kier alpha value is -4.64. The van der Waals surface area contributed by atoms with E-state index < -0.39 is 36.2 Å². The molecule has 4 aromatic rings. The third-order valence-electron chi connectivity index (χ3n) is 6.93. The van der Waals surface area contributed by atoms with E-state index in [1.807, 2.05) is 88.4 Å². The van der Waals surface area contributed by atoms with Crippen LogP contribution in [0.1, 0.15) is 48.7 Å². The molecule has 5 rings (SSSR count). The van der Waals surface area contributed by atoms with Crippen LogP contribution in [0.4, 0.5) is 0 Å². The van der Waals surface area contributed by atoms with Crippen LogP contribution in [0.15, 0.2) is 82.4 Å². The Morgan fingerprint density at radius 1 is 0.833 bits per heavy atom. The molecule has 0 radical (unpaired) electrons. The number of benzene rings is 2. The first-order valence-electron chi connectivity index (χ1n) is 14.5. The van der Waals surface area contributed by atoms with Crippen molar-refractivity contribution in [1.29, 1.82) is 0 Å². The molecule has 0 atom stereocenters. The number of aromatic nitrogens is 4. The summed E-state index contributed by atoms with van der Waals surface area (Å²) in [6.07, 6.45) is 0.833. The molecule has 0 amide bonds. The fourth-order valence-electron chi connectivity index (χ4n) is 3.97. The van der Waals surface area contributed by atoms with E-state index in [0.29, 0.717) is 21.6 Å². The molecule has 1 aliphatic rings. The van der Waals surface area contributed by atoms with Gasteiger partial charge < -0.3 is 29.6 Å². The maximum absolute atomic E-state index is 12.1. The molecule has 16 heteroatoms. The van der Waals surface area contributed by atoms with Gasteiger partial charge in [0, 0.05) is 13.1 Å². The minimum atomic E-state index is -1.00. The first-order valence-corrected chi connectivity index (χ1v) is 15.3. The van der Waals surface area contributed by atoms with Crippen molar-refractivity contribution in [1.82, 2.24) is 19.6 Å². The smallest absolute Gasteiger partial charge is 0.477 e. The molecule has 1 aliphatic heterocycles. The van der Waals surface area contributed by atoms with Gasteiger partial charge in [-0.05, 0) is 81.0 Å². The number of ether oxygens (including phenoxy) is 2. The normalized spacial score (nSPS) is 14.0. The van der Waals surface area contributed by atoms with Crippen molar-refractivity contribution in [2.45, 2.75) is 38.9 Å². The highest BCUT2D eigenvalue weighted by molar-refractivity contribution is 9.10. The number of rotatable bonds is 6. The molecule has 2 aromatic carbocycles. The quantitative estimate of drug-likeness (QED) is 0.168. The Labute approximate surface area is 288 Å². The standard InChI is InChI=1S/C17H21BN2O4.C11H9BrN2O2.C3H5NO2.CH5N/c1-16(2)17(3,4)24-18(23-16)14-11-13(15(21)22-5)20(19-14)12-9-7-6-8-10-12;1-16-11(15)9-7-10(12)13-14(9)8-5-3-2-4-6-8;1-4-2-3(5)6;1-2/h6-11H,1-5H3;2-7H,1H3;2H,1H3,(H,5,6);2H2,1H3. The van der Waals surface area contributed by atoms with Gasteiger partial charge in [0.05, 0.1) is 42.4 Å². The van der Waals surface area contributed by atoms with Gasteiger partial charge >= 0.3 is 25.0 Å². The fraction of sp³-hybridized carbons (Fsp3) is 0.312. The lowest BCUT2D eigenvalue weighted by atomic mass is 9.85. The molecule has 0 unspecified atom stereocenters. The third kappa shape index (κ3) is 10.2. The monoisotopic (exact) mass is 726 g/mol. The van der Waals surface area contributed by atoms with E-state index in [4.69, 9.17) is 23.9 Å². The van der Waals surface area contributed by atoms with Crippen LogP contribution in [0.2, 0.25) is 0 Å². The molecule has 0 saturated carbocycles. The summed E-state index contributed by atoms with van der Waals surface area (Å²) in [6.45, 7) is 7.90. The van der Waals surface area contributed by atoms with Gasteiger partial charge in [0.2, 0.25) is 0 Å². The van der Waals surface area contributed by atoms with Crippen LogP contribution in [0, 0.1) is 0 Å². The van der Waals surface area contributed by atoms with Crippen molar-refractivity contribution in [3.05, 3.63) is 88.8 Å². The molecule has 14 nitrogen and oxygen atoms in total. The van der Waals surface area contributed by atoms with Gasteiger partial charge in [0.25, 0.3) is 0 Å². The Balaban J connectivity index is 0.000000287. The number of nitrogens with two attached hydrogens (primary N) is 1. The lowest BCUT2D eigenvalue weighted by Crippen LogP contribution is -2.41. The number of methoxy groups -OCH3 is 2. The molecule has 1 fully saturated rings. The number of carboxylic acid groups (broad SMARTS) is 1. The van der Waals surface area contributed by atoms with Crippen molar-refractivity contribution in [2.24, 2.45) is 10.7 Å². The predicted octanol–water partition coefficient (Wildman–Crippen LogP) is 3.73. The van der Waals surface area contributed by atoms with Crippen molar-refractivity contribution >= 4 is 52.8 Å². The Bertz CT molecular complexity index is 1660. The summed E-state index contributed by atoms with van der Waals surface area (Å²) < 4.78 is 25.3. The van der Waals surface area contributed by atoms with E-state index in [-0.39, 0.29) is 0 Å². The molecule has 256 valence electrons. The number of para-hydroxylation sites is 2. The molecule has 0 spiro atoms. The van der Waals surface area contributed by atoms with Crippen LogP contribution >= 0.6 is 15.9 Å². The van der Waals surface area contributed by atoms with Crippen LogP contribution in [0.5, 0.6) is 0 Å². The Kier molecular flexibility index (Phi) is 14.9. The van der Waals surface area contributed by atoms with E-state index in [9.17, 15) is 14.4 Å². The molecule has 48 heavy (non-hydrogen) atoms. The summed E-state index contributed by atoms with van der Waals surface area (Å²) >= 11 is 3.24. The predicted molar refractivity (Wildman–Crippen MR) is 185 cm³/mol. The molecule has 1 saturated heterocycles. The van der Waals surface area contributed by atoms with E-state index in [0.717, 1.165) is 17.6 Å². The van der Waals surface area contributed by atoms with Crippen molar-refractivity contribution in [3.8, 4) is 11.4 Å². The highest BCUT2D eigenvalue weighted by Crippen LogP contribution is 2.36. The molecule has 0 aliphatic carbocycles. The highest BCUT2D eigenvalue weighted by atomic mass is 79.9. The first kappa shape index (κ1) is 39.5. The molecule has 2 aromatic heterocycles. The summed E-state index contributed by atoms with van der Waals surface area (Å²) in [5, 5.41) is 16.5. The number of carboxylic acids is 1. The van der Waals surface area contributed by atoms with Gasteiger partial charge in [-0.25, -0.2) is 23.7 Å². The Morgan fingerprint density at radius 3 is 1.62 bits per heavy atom. The number of carbonyl (C=O) groups is 3. The number of aliphatic imine (C=N–C) groups is 1. The van der Waals surface area contributed by atoms with Gasteiger partial charge in [-0.3, -0.25) is 4.99 Å². The second kappa shape index (κ2) is 18.1. The number of aliphatic carboxylic acids is 1. The number of hydrogen-bond donors (Lipinski definition) is 2. The molecule has 0 bridgehead atoms. The summed E-state index contributed by atoms with van der Waals surface area (Å²) in [4.78, 5) is 36.3.